The maximum atomic E-state index is 12.7. The van der Waals surface area contributed by atoms with Gasteiger partial charge in [0, 0.05) is 12.1 Å². The van der Waals surface area contributed by atoms with Crippen LogP contribution in [0.2, 0.25) is 0 Å². The van der Waals surface area contributed by atoms with Gasteiger partial charge in [-0.05, 0) is 43.5 Å². The van der Waals surface area contributed by atoms with Crippen molar-refractivity contribution in [3.8, 4) is 5.69 Å². The van der Waals surface area contributed by atoms with E-state index in [0.717, 1.165) is 29.1 Å². The number of ketones is 1. The molecule has 4 heteroatoms. The van der Waals surface area contributed by atoms with E-state index >= 15 is 0 Å². The Labute approximate surface area is 147 Å². The number of rotatable bonds is 3. The lowest BCUT2D eigenvalue weighted by molar-refractivity contribution is 0.0953. The fraction of sp³-hybridized carbons (Fsp3) is 0.238. The van der Waals surface area contributed by atoms with Crippen LogP contribution in [0.4, 0.5) is 11.5 Å². The third kappa shape index (κ3) is 2.95. The molecule has 1 aliphatic rings. The summed E-state index contributed by atoms with van der Waals surface area (Å²) in [6.45, 7) is 4.18. The topological polar surface area (TPSA) is 46.9 Å². The summed E-state index contributed by atoms with van der Waals surface area (Å²) in [5, 5.41) is 8.09. The van der Waals surface area contributed by atoms with Gasteiger partial charge in [-0.3, -0.25) is 4.79 Å². The number of hydrogen-bond acceptors (Lipinski definition) is 3. The van der Waals surface area contributed by atoms with E-state index in [2.05, 4.69) is 19.2 Å². The van der Waals surface area contributed by atoms with Crippen LogP contribution in [-0.2, 0) is 6.42 Å². The first kappa shape index (κ1) is 15.6. The predicted molar refractivity (Wildman–Crippen MR) is 99.8 cm³/mol. The van der Waals surface area contributed by atoms with Crippen molar-refractivity contribution < 1.29 is 4.79 Å². The molecule has 0 unspecified atom stereocenters. The molecule has 0 radical (unpaired) electrons. The minimum Gasteiger partial charge on any atom is -0.338 e. The van der Waals surface area contributed by atoms with Gasteiger partial charge in [0.25, 0.3) is 0 Å². The van der Waals surface area contributed by atoms with Gasteiger partial charge in [-0.15, -0.1) is 5.10 Å². The third-order valence-corrected chi connectivity index (χ3v) is 4.65. The minimum absolute atomic E-state index is 0.172. The molecular formula is C21H21N3O. The number of aromatic nitrogens is 2. The first-order chi connectivity index (χ1) is 12.1. The van der Waals surface area contributed by atoms with Gasteiger partial charge in [0.1, 0.15) is 0 Å². The monoisotopic (exact) mass is 331 g/mol. The van der Waals surface area contributed by atoms with E-state index in [-0.39, 0.29) is 5.78 Å². The predicted octanol–water partition coefficient (Wildman–Crippen LogP) is 4.69. The number of benzene rings is 2. The molecule has 0 aliphatic heterocycles. The zero-order chi connectivity index (χ0) is 17.4. The van der Waals surface area contributed by atoms with Crippen LogP contribution in [-0.4, -0.2) is 15.6 Å². The Morgan fingerprint density at radius 3 is 2.48 bits per heavy atom. The summed E-state index contributed by atoms with van der Waals surface area (Å²) in [5.74, 6) is 1.16. The smallest absolute Gasteiger partial charge is 0.168 e. The molecule has 1 heterocycles. The molecule has 4 nitrogen and oxygen atoms in total. The quantitative estimate of drug-likeness (QED) is 0.757. The highest BCUT2D eigenvalue weighted by Crippen LogP contribution is 2.33. The molecule has 0 amide bonds. The highest BCUT2D eigenvalue weighted by Gasteiger charge is 2.31. The molecule has 2 aromatic carbocycles. The number of nitrogens with one attached hydrogen (secondary N) is 1. The van der Waals surface area contributed by atoms with Crippen LogP contribution in [0, 0.1) is 12.8 Å². The fourth-order valence-corrected chi connectivity index (χ4v) is 3.40. The van der Waals surface area contributed by atoms with Crippen molar-refractivity contribution in [3.63, 3.8) is 0 Å². The molecule has 0 saturated carbocycles. The summed E-state index contributed by atoms with van der Waals surface area (Å²) < 4.78 is 1.92. The summed E-state index contributed by atoms with van der Waals surface area (Å²) >= 11 is 0. The minimum atomic E-state index is 0.172. The Bertz CT molecular complexity index is 910. The standard InChI is InChI=1S/C21H21N3O/c1-14-8-10-16(11-9-14)22-21-20-18(12-15(2)13-19(20)25)24(23-21)17-6-4-3-5-7-17/h3-11,15H,12-13H2,1-2H3,(H,22,23)/t15-/m1/s1. The van der Waals surface area contributed by atoms with Gasteiger partial charge in [-0.25, -0.2) is 4.68 Å². The molecule has 126 valence electrons. The van der Waals surface area contributed by atoms with Crippen LogP contribution in [0.1, 0.15) is 35.0 Å². The first-order valence-electron chi connectivity index (χ1n) is 8.66. The fourth-order valence-electron chi connectivity index (χ4n) is 3.40. The van der Waals surface area contributed by atoms with Gasteiger partial charge in [-0.1, -0.05) is 42.8 Å². The molecule has 4 rings (SSSR count). The number of para-hydroxylation sites is 1. The van der Waals surface area contributed by atoms with Crippen LogP contribution in [0.15, 0.2) is 54.6 Å². The highest BCUT2D eigenvalue weighted by molar-refractivity contribution is 6.03. The van der Waals surface area contributed by atoms with E-state index in [9.17, 15) is 4.79 Å². The molecule has 0 spiro atoms. The first-order valence-corrected chi connectivity index (χ1v) is 8.66. The van der Waals surface area contributed by atoms with Crippen LogP contribution < -0.4 is 5.32 Å². The Kier molecular flexibility index (Phi) is 3.88. The second-order valence-corrected chi connectivity index (χ2v) is 6.85. The molecule has 0 bridgehead atoms. The maximum absolute atomic E-state index is 12.7. The van der Waals surface area contributed by atoms with Crippen molar-refractivity contribution in [2.24, 2.45) is 5.92 Å². The zero-order valence-corrected chi connectivity index (χ0v) is 14.5. The number of fused-ring (bicyclic) bond motifs is 1. The van der Waals surface area contributed by atoms with Crippen molar-refractivity contribution in [1.82, 2.24) is 9.78 Å². The van der Waals surface area contributed by atoms with E-state index in [0.29, 0.717) is 18.2 Å². The van der Waals surface area contributed by atoms with E-state index in [1.165, 1.54) is 5.56 Å². The van der Waals surface area contributed by atoms with E-state index in [1.807, 2.05) is 59.3 Å². The summed E-state index contributed by atoms with van der Waals surface area (Å²) in [6.07, 6.45) is 1.44. The molecule has 0 saturated heterocycles. The normalized spacial score (nSPS) is 16.6. The number of Topliss-reactive ketones (excluding diaryl/α,β-unsaturated/α-hetero) is 1. The van der Waals surface area contributed by atoms with Crippen LogP contribution in [0.25, 0.3) is 5.69 Å². The second-order valence-electron chi connectivity index (χ2n) is 6.85. The lowest BCUT2D eigenvalue weighted by atomic mass is 9.87. The van der Waals surface area contributed by atoms with Gasteiger partial charge in [0.2, 0.25) is 0 Å². The summed E-state index contributed by atoms with van der Waals surface area (Å²) in [7, 11) is 0. The number of carbonyl (C=O) groups is 1. The van der Waals surface area contributed by atoms with Crippen molar-refractivity contribution in [1.29, 1.82) is 0 Å². The van der Waals surface area contributed by atoms with Gasteiger partial charge >= 0.3 is 0 Å². The molecular weight excluding hydrogens is 310 g/mol. The summed E-state index contributed by atoms with van der Waals surface area (Å²) in [6, 6.07) is 18.1. The molecule has 1 atom stereocenters. The Balaban J connectivity index is 1.82. The van der Waals surface area contributed by atoms with Crippen molar-refractivity contribution in [3.05, 3.63) is 71.4 Å². The van der Waals surface area contributed by atoms with Gasteiger partial charge in [0.15, 0.2) is 11.6 Å². The SMILES string of the molecule is Cc1ccc(Nc2nn(-c3ccccc3)c3c2C(=O)C[C@H](C)C3)cc1. The molecule has 3 aromatic rings. The maximum Gasteiger partial charge on any atom is 0.168 e. The molecule has 25 heavy (non-hydrogen) atoms. The average molecular weight is 331 g/mol. The van der Waals surface area contributed by atoms with Crippen molar-refractivity contribution in [2.75, 3.05) is 5.32 Å². The lowest BCUT2D eigenvalue weighted by Crippen LogP contribution is -2.19. The number of aryl methyl sites for hydroxylation is 1. The van der Waals surface area contributed by atoms with Crippen molar-refractivity contribution in [2.45, 2.75) is 26.7 Å². The largest absolute Gasteiger partial charge is 0.338 e. The third-order valence-electron chi connectivity index (χ3n) is 4.65. The Morgan fingerprint density at radius 2 is 1.76 bits per heavy atom. The number of hydrogen-bond donors (Lipinski definition) is 1. The summed E-state index contributed by atoms with van der Waals surface area (Å²) in [4.78, 5) is 12.7. The summed E-state index contributed by atoms with van der Waals surface area (Å²) in [5.41, 5.74) is 4.87. The zero-order valence-electron chi connectivity index (χ0n) is 14.5. The van der Waals surface area contributed by atoms with Crippen LogP contribution in [0.3, 0.4) is 0 Å². The molecule has 1 aliphatic carbocycles. The second kappa shape index (κ2) is 6.20. The Morgan fingerprint density at radius 1 is 1.04 bits per heavy atom. The van der Waals surface area contributed by atoms with Gasteiger partial charge < -0.3 is 5.32 Å². The van der Waals surface area contributed by atoms with Gasteiger partial charge in [0.05, 0.1) is 16.9 Å². The highest BCUT2D eigenvalue weighted by atomic mass is 16.1. The lowest BCUT2D eigenvalue weighted by Gasteiger charge is -2.19. The van der Waals surface area contributed by atoms with E-state index in [4.69, 9.17) is 5.10 Å². The van der Waals surface area contributed by atoms with Crippen LogP contribution in [0.5, 0.6) is 0 Å². The molecule has 1 N–H and O–H groups in total. The number of anilines is 2. The van der Waals surface area contributed by atoms with Crippen molar-refractivity contribution >= 4 is 17.3 Å². The number of nitrogens with zero attached hydrogens (tertiary/aromatic N) is 2. The number of carbonyl (C=O) groups excluding carboxylic acids is 1. The van der Waals surface area contributed by atoms with E-state index in [1.54, 1.807) is 0 Å². The molecule has 1 aromatic heterocycles. The average Bonchev–Trinajstić information content (AvgIpc) is 2.96. The van der Waals surface area contributed by atoms with Crippen LogP contribution >= 0.6 is 0 Å². The van der Waals surface area contributed by atoms with E-state index < -0.39 is 0 Å². The van der Waals surface area contributed by atoms with Gasteiger partial charge in [-0.2, -0.15) is 0 Å². The molecule has 0 fully saturated rings. The Hall–Kier alpha value is -2.88.